The third-order valence-corrected chi connectivity index (χ3v) is 4.70. The molecule has 0 aliphatic rings. The molecule has 0 unspecified atom stereocenters. The third-order valence-electron chi connectivity index (χ3n) is 4.70. The summed E-state index contributed by atoms with van der Waals surface area (Å²) in [6.07, 6.45) is 1.50. The standard InChI is InChI=1S/C27H26N2O6/c1-4-34-22-13-11-21(12-14-22)28-27(32)23(29-26(31)20-8-6-5-7-9-20)16-19-10-15-24(35-18(2)30)25(17-19)33-3/h5-17H,4H2,1-3H3,(H,28,32)(H,29,31). The van der Waals surface area contributed by atoms with E-state index in [1.807, 2.05) is 6.92 Å². The summed E-state index contributed by atoms with van der Waals surface area (Å²) >= 11 is 0. The molecule has 8 heteroatoms. The highest BCUT2D eigenvalue weighted by atomic mass is 16.6. The van der Waals surface area contributed by atoms with Crippen LogP contribution in [0.1, 0.15) is 29.8 Å². The van der Waals surface area contributed by atoms with E-state index in [2.05, 4.69) is 10.6 Å². The molecule has 0 atom stereocenters. The molecule has 0 fully saturated rings. The van der Waals surface area contributed by atoms with E-state index >= 15 is 0 Å². The Morgan fingerprint density at radius 3 is 2.26 bits per heavy atom. The molecule has 180 valence electrons. The maximum absolute atomic E-state index is 13.1. The molecule has 2 N–H and O–H groups in total. The van der Waals surface area contributed by atoms with Crippen LogP contribution < -0.4 is 24.8 Å². The summed E-state index contributed by atoms with van der Waals surface area (Å²) in [7, 11) is 1.44. The third kappa shape index (κ3) is 7.20. The lowest BCUT2D eigenvalue weighted by atomic mass is 10.1. The number of rotatable bonds is 9. The molecular formula is C27H26N2O6. The summed E-state index contributed by atoms with van der Waals surface area (Å²) in [5.41, 5.74) is 1.48. The molecule has 2 amide bonds. The number of carbonyl (C=O) groups excluding carboxylic acids is 3. The topological polar surface area (TPSA) is 103 Å². The second-order valence-corrected chi connectivity index (χ2v) is 7.29. The van der Waals surface area contributed by atoms with Gasteiger partial charge in [-0.3, -0.25) is 14.4 Å². The molecule has 0 aliphatic carbocycles. The van der Waals surface area contributed by atoms with Crippen LogP contribution in [0, 0.1) is 0 Å². The largest absolute Gasteiger partial charge is 0.494 e. The molecule has 0 heterocycles. The van der Waals surface area contributed by atoms with Crippen LogP contribution in [0.5, 0.6) is 17.2 Å². The Balaban J connectivity index is 1.91. The molecule has 3 aromatic carbocycles. The van der Waals surface area contributed by atoms with Gasteiger partial charge < -0.3 is 24.8 Å². The Morgan fingerprint density at radius 2 is 1.63 bits per heavy atom. The average molecular weight is 475 g/mol. The number of hydrogen-bond acceptors (Lipinski definition) is 6. The van der Waals surface area contributed by atoms with E-state index in [0.717, 1.165) is 0 Å². The second-order valence-electron chi connectivity index (χ2n) is 7.29. The molecule has 0 bridgehead atoms. The van der Waals surface area contributed by atoms with E-state index < -0.39 is 17.8 Å². The van der Waals surface area contributed by atoms with Crippen LogP contribution in [0.15, 0.2) is 78.5 Å². The predicted octanol–water partition coefficient (Wildman–Crippen LogP) is 4.43. The van der Waals surface area contributed by atoms with Gasteiger partial charge in [-0.2, -0.15) is 0 Å². The lowest BCUT2D eigenvalue weighted by Gasteiger charge is -2.13. The van der Waals surface area contributed by atoms with Gasteiger partial charge >= 0.3 is 5.97 Å². The van der Waals surface area contributed by atoms with Crippen LogP contribution in [0.3, 0.4) is 0 Å². The van der Waals surface area contributed by atoms with Crippen molar-refractivity contribution >= 4 is 29.5 Å². The number of benzene rings is 3. The summed E-state index contributed by atoms with van der Waals surface area (Å²) in [6.45, 7) is 3.70. The zero-order valence-electron chi connectivity index (χ0n) is 19.7. The Labute approximate surface area is 203 Å². The van der Waals surface area contributed by atoms with E-state index in [-0.39, 0.29) is 11.4 Å². The van der Waals surface area contributed by atoms with Gasteiger partial charge in [-0.1, -0.05) is 24.3 Å². The van der Waals surface area contributed by atoms with Crippen molar-refractivity contribution < 1.29 is 28.6 Å². The molecule has 0 spiro atoms. The van der Waals surface area contributed by atoms with Crippen molar-refractivity contribution in [2.24, 2.45) is 0 Å². The Bertz CT molecular complexity index is 1220. The maximum Gasteiger partial charge on any atom is 0.308 e. The number of hydrogen-bond donors (Lipinski definition) is 2. The van der Waals surface area contributed by atoms with E-state index in [0.29, 0.717) is 34.9 Å². The first-order chi connectivity index (χ1) is 16.9. The molecule has 8 nitrogen and oxygen atoms in total. The van der Waals surface area contributed by atoms with Crippen LogP contribution in [0.4, 0.5) is 5.69 Å². The molecule has 0 radical (unpaired) electrons. The first kappa shape index (κ1) is 25.0. The highest BCUT2D eigenvalue weighted by molar-refractivity contribution is 6.10. The van der Waals surface area contributed by atoms with Crippen LogP contribution in [0.2, 0.25) is 0 Å². The number of amides is 2. The second kappa shape index (κ2) is 12.0. The fraction of sp³-hybridized carbons (Fsp3) is 0.148. The zero-order chi connectivity index (χ0) is 25.2. The zero-order valence-corrected chi connectivity index (χ0v) is 19.7. The summed E-state index contributed by atoms with van der Waals surface area (Å²) in [6, 6.07) is 20.2. The monoisotopic (exact) mass is 474 g/mol. The van der Waals surface area contributed by atoms with Crippen LogP contribution in [-0.4, -0.2) is 31.5 Å². The quantitative estimate of drug-likeness (QED) is 0.270. The first-order valence-electron chi connectivity index (χ1n) is 10.9. The summed E-state index contributed by atoms with van der Waals surface area (Å²) in [4.78, 5) is 37.2. The molecule has 0 aliphatic heterocycles. The van der Waals surface area contributed by atoms with Gasteiger partial charge in [0.05, 0.1) is 13.7 Å². The fourth-order valence-electron chi connectivity index (χ4n) is 3.12. The lowest BCUT2D eigenvalue weighted by molar-refractivity contribution is -0.132. The van der Waals surface area contributed by atoms with Crippen molar-refractivity contribution in [2.75, 3.05) is 19.0 Å². The molecule has 3 aromatic rings. The number of anilines is 1. The fourth-order valence-corrected chi connectivity index (χ4v) is 3.12. The molecule has 0 saturated carbocycles. The van der Waals surface area contributed by atoms with Crippen molar-refractivity contribution in [3.8, 4) is 17.2 Å². The molecule has 0 aromatic heterocycles. The van der Waals surface area contributed by atoms with Crippen LogP contribution in [-0.2, 0) is 9.59 Å². The Kier molecular flexibility index (Phi) is 8.61. The molecule has 35 heavy (non-hydrogen) atoms. The van der Waals surface area contributed by atoms with E-state index in [4.69, 9.17) is 14.2 Å². The molecular weight excluding hydrogens is 448 g/mol. The normalized spacial score (nSPS) is 10.8. The van der Waals surface area contributed by atoms with E-state index in [9.17, 15) is 14.4 Å². The Hall–Kier alpha value is -4.59. The number of nitrogens with one attached hydrogen (secondary N) is 2. The number of ether oxygens (including phenoxy) is 3. The van der Waals surface area contributed by atoms with Gasteiger partial charge in [0.1, 0.15) is 11.4 Å². The van der Waals surface area contributed by atoms with Crippen LogP contribution in [0.25, 0.3) is 6.08 Å². The van der Waals surface area contributed by atoms with E-state index in [1.54, 1.807) is 72.8 Å². The van der Waals surface area contributed by atoms with Crippen molar-refractivity contribution in [3.05, 3.63) is 89.6 Å². The van der Waals surface area contributed by atoms with Gasteiger partial charge in [-0.05, 0) is 67.1 Å². The molecule has 0 saturated heterocycles. The highest BCUT2D eigenvalue weighted by Crippen LogP contribution is 2.29. The van der Waals surface area contributed by atoms with Gasteiger partial charge in [0, 0.05) is 18.2 Å². The van der Waals surface area contributed by atoms with Gasteiger partial charge in [-0.15, -0.1) is 0 Å². The van der Waals surface area contributed by atoms with Gasteiger partial charge in [0.2, 0.25) is 0 Å². The van der Waals surface area contributed by atoms with Crippen molar-refractivity contribution in [2.45, 2.75) is 13.8 Å². The van der Waals surface area contributed by atoms with Crippen molar-refractivity contribution in [1.82, 2.24) is 5.32 Å². The van der Waals surface area contributed by atoms with Crippen LogP contribution >= 0.6 is 0 Å². The minimum Gasteiger partial charge on any atom is -0.494 e. The highest BCUT2D eigenvalue weighted by Gasteiger charge is 2.16. The summed E-state index contributed by atoms with van der Waals surface area (Å²) in [5, 5.41) is 5.45. The van der Waals surface area contributed by atoms with Gasteiger partial charge in [0.25, 0.3) is 11.8 Å². The van der Waals surface area contributed by atoms with Crippen molar-refractivity contribution in [3.63, 3.8) is 0 Å². The summed E-state index contributed by atoms with van der Waals surface area (Å²) < 4.78 is 15.9. The smallest absolute Gasteiger partial charge is 0.308 e. The minimum absolute atomic E-state index is 0.00928. The number of methoxy groups -OCH3 is 1. The van der Waals surface area contributed by atoms with Gasteiger partial charge in [0.15, 0.2) is 11.5 Å². The summed E-state index contributed by atoms with van der Waals surface area (Å²) in [5.74, 6) is -0.236. The predicted molar refractivity (Wildman–Crippen MR) is 132 cm³/mol. The lowest BCUT2D eigenvalue weighted by Crippen LogP contribution is -2.30. The molecule has 3 rings (SSSR count). The Morgan fingerprint density at radius 1 is 0.914 bits per heavy atom. The SMILES string of the molecule is CCOc1ccc(NC(=O)C(=Cc2ccc(OC(C)=O)c(OC)c2)NC(=O)c2ccccc2)cc1. The first-order valence-corrected chi connectivity index (χ1v) is 10.9. The minimum atomic E-state index is -0.526. The number of esters is 1. The average Bonchev–Trinajstić information content (AvgIpc) is 2.86. The van der Waals surface area contributed by atoms with Crippen molar-refractivity contribution in [1.29, 1.82) is 0 Å². The van der Waals surface area contributed by atoms with E-state index in [1.165, 1.54) is 20.1 Å². The maximum atomic E-state index is 13.1. The number of carbonyl (C=O) groups is 3. The van der Waals surface area contributed by atoms with Gasteiger partial charge in [-0.25, -0.2) is 0 Å².